The van der Waals surface area contributed by atoms with Crippen LogP contribution in [0.5, 0.6) is 5.75 Å². The summed E-state index contributed by atoms with van der Waals surface area (Å²) in [7, 11) is 0. The second-order valence-corrected chi connectivity index (χ2v) is 6.74. The molecule has 1 aliphatic rings. The summed E-state index contributed by atoms with van der Waals surface area (Å²) in [6, 6.07) is 4.44. The van der Waals surface area contributed by atoms with Crippen molar-refractivity contribution in [2.45, 2.75) is 52.1 Å². The Morgan fingerprint density at radius 3 is 2.84 bits per heavy atom. The van der Waals surface area contributed by atoms with Crippen molar-refractivity contribution in [2.75, 3.05) is 0 Å². The molecular formula is C16H21NOS. The van der Waals surface area contributed by atoms with Gasteiger partial charge < -0.3 is 4.74 Å². The Balaban J connectivity index is 1.87. The van der Waals surface area contributed by atoms with Gasteiger partial charge in [-0.1, -0.05) is 27.2 Å². The van der Waals surface area contributed by atoms with Crippen molar-refractivity contribution in [3.05, 3.63) is 23.2 Å². The highest BCUT2D eigenvalue weighted by atomic mass is 32.1. The van der Waals surface area contributed by atoms with Crippen LogP contribution in [0.25, 0.3) is 10.2 Å². The van der Waals surface area contributed by atoms with E-state index in [9.17, 15) is 0 Å². The van der Waals surface area contributed by atoms with Gasteiger partial charge in [-0.25, -0.2) is 4.98 Å². The van der Waals surface area contributed by atoms with Crippen molar-refractivity contribution in [3.8, 4) is 5.75 Å². The average molecular weight is 275 g/mol. The maximum atomic E-state index is 6.19. The molecule has 1 heterocycles. The lowest BCUT2D eigenvalue weighted by atomic mass is 9.80. The van der Waals surface area contributed by atoms with Crippen LogP contribution in [0.2, 0.25) is 0 Å². The van der Waals surface area contributed by atoms with Crippen LogP contribution in [-0.4, -0.2) is 11.1 Å². The summed E-state index contributed by atoms with van der Waals surface area (Å²) in [5.74, 6) is 2.38. The van der Waals surface area contributed by atoms with Gasteiger partial charge >= 0.3 is 0 Å². The maximum absolute atomic E-state index is 6.19. The zero-order valence-electron chi connectivity index (χ0n) is 11.8. The Bertz CT molecular complexity index is 569. The fraction of sp³-hybridized carbons (Fsp3) is 0.562. The molecule has 0 atom stereocenters. The summed E-state index contributed by atoms with van der Waals surface area (Å²) in [5.41, 5.74) is 4.30. The van der Waals surface area contributed by atoms with E-state index in [4.69, 9.17) is 4.74 Å². The van der Waals surface area contributed by atoms with Crippen molar-refractivity contribution in [2.24, 2.45) is 5.92 Å². The molecule has 0 spiro atoms. The van der Waals surface area contributed by atoms with Gasteiger partial charge in [-0.3, -0.25) is 0 Å². The molecule has 2 aromatic rings. The van der Waals surface area contributed by atoms with Crippen LogP contribution >= 0.6 is 11.3 Å². The van der Waals surface area contributed by atoms with Gasteiger partial charge in [-0.2, -0.15) is 0 Å². The molecule has 0 bridgehead atoms. The van der Waals surface area contributed by atoms with E-state index in [1.165, 1.54) is 29.5 Å². The predicted octanol–water partition coefficient (Wildman–Crippen LogP) is 4.99. The number of nitrogens with zero attached hydrogens (tertiary/aromatic N) is 1. The lowest BCUT2D eigenvalue weighted by molar-refractivity contribution is 0.0642. The lowest BCUT2D eigenvalue weighted by Crippen LogP contribution is -2.33. The van der Waals surface area contributed by atoms with E-state index in [0.717, 1.165) is 17.2 Å². The van der Waals surface area contributed by atoms with E-state index in [1.54, 1.807) is 11.3 Å². The van der Waals surface area contributed by atoms with Crippen molar-refractivity contribution < 1.29 is 4.74 Å². The summed E-state index contributed by atoms with van der Waals surface area (Å²) in [4.78, 5) is 4.46. The number of aromatic nitrogens is 1. The van der Waals surface area contributed by atoms with Crippen LogP contribution in [0.15, 0.2) is 17.6 Å². The van der Waals surface area contributed by atoms with Crippen LogP contribution in [0.3, 0.4) is 0 Å². The number of hydrogen-bond acceptors (Lipinski definition) is 3. The minimum atomic E-state index is 0.400. The Morgan fingerprint density at radius 2 is 2.16 bits per heavy atom. The summed E-state index contributed by atoms with van der Waals surface area (Å²) in [5, 5.41) is 0. The first-order valence-corrected chi connectivity index (χ1v) is 8.09. The number of rotatable bonds is 4. The number of benzene rings is 1. The second-order valence-electron chi connectivity index (χ2n) is 5.86. The van der Waals surface area contributed by atoms with E-state index >= 15 is 0 Å². The first-order valence-electron chi connectivity index (χ1n) is 7.21. The third kappa shape index (κ3) is 2.48. The Labute approximate surface area is 118 Å². The normalized spacial score (nSPS) is 22.7. The minimum absolute atomic E-state index is 0.400. The van der Waals surface area contributed by atoms with Gasteiger partial charge in [-0.15, -0.1) is 11.3 Å². The summed E-state index contributed by atoms with van der Waals surface area (Å²) >= 11 is 1.70. The molecule has 1 saturated carbocycles. The highest BCUT2D eigenvalue weighted by Crippen LogP contribution is 2.37. The fourth-order valence-corrected chi connectivity index (χ4v) is 3.40. The number of fused-ring (bicyclic) bond motifs is 1. The smallest absolute Gasteiger partial charge is 0.147 e. The van der Waals surface area contributed by atoms with E-state index in [1.807, 2.05) is 5.51 Å². The number of hydrogen-bond donors (Lipinski definition) is 0. The largest absolute Gasteiger partial charge is 0.488 e. The van der Waals surface area contributed by atoms with Gasteiger partial charge in [0.05, 0.1) is 16.3 Å². The van der Waals surface area contributed by atoms with Crippen molar-refractivity contribution in [1.29, 1.82) is 0 Å². The quantitative estimate of drug-likeness (QED) is 0.784. The molecule has 3 rings (SSSR count). The second kappa shape index (κ2) is 5.12. The van der Waals surface area contributed by atoms with Crippen LogP contribution in [0, 0.1) is 5.92 Å². The highest BCUT2D eigenvalue weighted by molar-refractivity contribution is 7.16. The zero-order chi connectivity index (χ0) is 13.4. The molecular weight excluding hydrogens is 254 g/mol. The third-order valence-corrected chi connectivity index (χ3v) is 4.93. The number of ether oxygens (including phenoxy) is 1. The maximum Gasteiger partial charge on any atom is 0.147 e. The fourth-order valence-electron chi connectivity index (χ4n) is 2.66. The number of thiazole rings is 1. The van der Waals surface area contributed by atoms with Gasteiger partial charge in [0.25, 0.3) is 0 Å². The molecule has 19 heavy (non-hydrogen) atoms. The summed E-state index contributed by atoms with van der Waals surface area (Å²) in [6.07, 6.45) is 4.08. The molecule has 0 N–H and O–H groups in total. The third-order valence-electron chi connectivity index (χ3n) is 4.15. The van der Waals surface area contributed by atoms with E-state index < -0.39 is 0 Å². The highest BCUT2D eigenvalue weighted by Gasteiger charge is 2.30. The zero-order valence-corrected chi connectivity index (χ0v) is 12.7. The average Bonchev–Trinajstić information content (AvgIpc) is 2.80. The molecule has 102 valence electrons. The Kier molecular flexibility index (Phi) is 3.48. The van der Waals surface area contributed by atoms with E-state index in [0.29, 0.717) is 12.0 Å². The van der Waals surface area contributed by atoms with Gasteiger partial charge in [0, 0.05) is 0 Å². The van der Waals surface area contributed by atoms with Crippen molar-refractivity contribution in [1.82, 2.24) is 4.98 Å². The van der Waals surface area contributed by atoms with Crippen LogP contribution in [0.1, 0.15) is 51.5 Å². The lowest BCUT2D eigenvalue weighted by Gasteiger charge is -2.34. The predicted molar refractivity (Wildman–Crippen MR) is 81.1 cm³/mol. The Morgan fingerprint density at radius 1 is 1.37 bits per heavy atom. The van der Waals surface area contributed by atoms with Crippen LogP contribution < -0.4 is 4.74 Å². The van der Waals surface area contributed by atoms with Crippen LogP contribution in [0.4, 0.5) is 0 Å². The molecule has 2 nitrogen and oxygen atoms in total. The minimum Gasteiger partial charge on any atom is -0.488 e. The van der Waals surface area contributed by atoms with Crippen molar-refractivity contribution in [3.63, 3.8) is 0 Å². The molecule has 1 aromatic carbocycles. The molecule has 1 fully saturated rings. The standard InChI is InChI=1S/C16H21NOS/c1-4-11-5-13(6-11)18-14-7-12(10(2)3)8-15-16(14)17-9-19-15/h7-11,13H,4-6H2,1-3H3. The van der Waals surface area contributed by atoms with Gasteiger partial charge in [0.15, 0.2) is 0 Å². The first-order chi connectivity index (χ1) is 9.17. The summed E-state index contributed by atoms with van der Waals surface area (Å²) in [6.45, 7) is 6.71. The van der Waals surface area contributed by atoms with Gasteiger partial charge in [0.2, 0.25) is 0 Å². The molecule has 0 unspecified atom stereocenters. The molecule has 0 saturated heterocycles. The van der Waals surface area contributed by atoms with Crippen molar-refractivity contribution >= 4 is 21.6 Å². The molecule has 3 heteroatoms. The first kappa shape index (κ1) is 12.9. The van der Waals surface area contributed by atoms with E-state index in [2.05, 4.69) is 37.9 Å². The monoisotopic (exact) mass is 275 g/mol. The molecule has 1 aliphatic carbocycles. The summed E-state index contributed by atoms with van der Waals surface area (Å²) < 4.78 is 7.43. The van der Waals surface area contributed by atoms with Gasteiger partial charge in [-0.05, 0) is 42.4 Å². The van der Waals surface area contributed by atoms with Gasteiger partial charge in [0.1, 0.15) is 11.3 Å². The molecule has 0 amide bonds. The SMILES string of the molecule is CCC1CC(Oc2cc(C(C)C)cc3scnc23)C1. The molecule has 0 radical (unpaired) electrons. The van der Waals surface area contributed by atoms with E-state index in [-0.39, 0.29) is 0 Å². The Hall–Kier alpha value is -1.09. The van der Waals surface area contributed by atoms with Crippen LogP contribution in [-0.2, 0) is 0 Å². The topological polar surface area (TPSA) is 22.1 Å². The molecule has 0 aliphatic heterocycles. The molecule has 1 aromatic heterocycles.